The normalized spacial score (nSPS) is 31.1. The zero-order chi connectivity index (χ0) is 73.1. The molecule has 0 saturated carbocycles. The first-order valence-electron chi connectivity index (χ1n) is 35.4. The zero-order valence-corrected chi connectivity index (χ0v) is 60.7. The van der Waals surface area contributed by atoms with Crippen molar-refractivity contribution in [1.29, 1.82) is 0 Å². The number of amides is 5. The number of carbonyl (C=O) groups excluding carboxylic acids is 8. The quantitative estimate of drug-likeness (QED) is 0.0405. The Morgan fingerprint density at radius 2 is 1.05 bits per heavy atom. The molecule has 2 bridgehead atoms. The second-order valence-corrected chi connectivity index (χ2v) is 25.2. The van der Waals surface area contributed by atoms with Gasteiger partial charge in [0.2, 0.25) is 29.5 Å². The van der Waals surface area contributed by atoms with Crippen molar-refractivity contribution >= 4 is 47.4 Å². The van der Waals surface area contributed by atoms with Crippen LogP contribution in [-0.4, -0.2) is 292 Å². The summed E-state index contributed by atoms with van der Waals surface area (Å²) in [6.45, 7) is 20.6. The average Bonchev–Trinajstić information content (AvgIpc) is 1.11. The van der Waals surface area contributed by atoms with Crippen molar-refractivity contribution in [3.63, 3.8) is 0 Å². The van der Waals surface area contributed by atoms with Gasteiger partial charge in [0.1, 0.15) is 30.4 Å². The van der Waals surface area contributed by atoms with E-state index in [2.05, 4.69) is 31.9 Å². The minimum Gasteiger partial charge on any atom is -0.460 e. The number of ether oxygens (including phenoxy) is 18. The summed E-state index contributed by atoms with van der Waals surface area (Å²) in [4.78, 5) is 100. The number of carbonyl (C=O) groups is 8. The monoisotopic (exact) mass is 1440 g/mol. The van der Waals surface area contributed by atoms with Gasteiger partial charge in [-0.3, -0.25) is 38.4 Å². The molecule has 4 aliphatic rings. The molecule has 4 heterocycles. The van der Waals surface area contributed by atoms with E-state index in [1.165, 1.54) is 34.6 Å². The maximum atomic E-state index is 12.8. The molecule has 0 aliphatic carbocycles. The van der Waals surface area contributed by atoms with Crippen LogP contribution in [-0.2, 0) is 124 Å². The summed E-state index contributed by atoms with van der Waals surface area (Å²) in [5.41, 5.74) is 5.51. The highest BCUT2D eigenvalue weighted by atomic mass is 16.7. The van der Waals surface area contributed by atoms with E-state index in [4.69, 9.17) is 91.0 Å². The van der Waals surface area contributed by atoms with Gasteiger partial charge in [-0.25, -0.2) is 0 Å². The van der Waals surface area contributed by atoms with Crippen LogP contribution < -0.4 is 37.6 Å². The molecule has 4 rings (SSSR count). The van der Waals surface area contributed by atoms with Crippen LogP contribution in [0.5, 0.6) is 0 Å². The molecule has 0 radical (unpaired) electrons. The van der Waals surface area contributed by atoms with Crippen LogP contribution in [0.15, 0.2) is 0 Å². The number of hydrogen-bond acceptors (Lipinski definition) is 28. The van der Waals surface area contributed by atoms with Gasteiger partial charge >= 0.3 is 17.9 Å². The lowest BCUT2D eigenvalue weighted by Gasteiger charge is -2.45. The number of hydrogen-bond donors (Lipinski definition) is 7. The smallest absolute Gasteiger partial charge is 0.302 e. The lowest BCUT2D eigenvalue weighted by molar-refractivity contribution is -0.256. The Hall–Kier alpha value is -4.92. The van der Waals surface area contributed by atoms with Crippen LogP contribution in [0.4, 0.5) is 0 Å². The van der Waals surface area contributed by atoms with E-state index < -0.39 is 78.8 Å². The maximum Gasteiger partial charge on any atom is 0.302 e. The van der Waals surface area contributed by atoms with E-state index in [1.54, 1.807) is 0 Å². The summed E-state index contributed by atoms with van der Waals surface area (Å²) in [6.07, 6.45) is -2.93. The predicted molar refractivity (Wildman–Crippen MR) is 357 cm³/mol. The van der Waals surface area contributed by atoms with Crippen LogP contribution in [0.3, 0.4) is 0 Å². The highest BCUT2D eigenvalue weighted by molar-refractivity contribution is 5.77. The minimum atomic E-state index is -1.23. The number of nitrogens with two attached hydrogens (primary N) is 1. The Morgan fingerprint density at radius 3 is 1.62 bits per heavy atom. The number of fused-ring (bicyclic) bond motifs is 4. The molecule has 16 unspecified atom stereocenters. The average molecular weight is 1440 g/mol. The fourth-order valence-electron chi connectivity index (χ4n) is 12.1. The molecule has 5 amide bonds. The van der Waals surface area contributed by atoms with Crippen LogP contribution >= 0.6 is 0 Å². The molecule has 0 aromatic rings. The Kier molecular flexibility index (Phi) is 44.2. The highest BCUT2D eigenvalue weighted by Gasteiger charge is 2.49. The van der Waals surface area contributed by atoms with Crippen molar-refractivity contribution in [2.45, 2.75) is 187 Å². The summed E-state index contributed by atoms with van der Waals surface area (Å²) >= 11 is 0. The fourth-order valence-corrected chi connectivity index (χ4v) is 12.1. The molecule has 0 aromatic heterocycles. The van der Waals surface area contributed by atoms with E-state index >= 15 is 0 Å². The van der Waals surface area contributed by atoms with Gasteiger partial charge < -0.3 is 123 Å². The third-order valence-corrected chi connectivity index (χ3v) is 17.0. The SMILES string of the molecule is CCC1COC2OCCOCCOCCNC(=O)CCOCC(N)(COCCC(=O)NCCOCCOCCOC3OC(CC)C(C)C(OC(C)=O)C3NC(C)=O)COCCC(=O)NCCOCCOCCOC3OC(CC)C(C)C(OC(C)=O)C3NCCC1C(OC(C)=O)C2NC(C)=O. The summed E-state index contributed by atoms with van der Waals surface area (Å²) in [5.74, 6) is -3.84. The molecular weight excluding hydrogens is 1320 g/mol. The molecule has 16 atom stereocenters. The van der Waals surface area contributed by atoms with Crippen molar-refractivity contribution < 1.29 is 124 Å². The molecule has 4 saturated heterocycles. The van der Waals surface area contributed by atoms with Crippen LogP contribution in [0, 0.1) is 23.7 Å². The minimum absolute atomic E-state index is 0.0129. The van der Waals surface area contributed by atoms with Crippen molar-refractivity contribution in [2.75, 3.05) is 172 Å². The Bertz CT molecular complexity index is 2360. The zero-order valence-electron chi connectivity index (χ0n) is 60.7. The van der Waals surface area contributed by atoms with E-state index in [0.29, 0.717) is 32.2 Å². The number of esters is 3. The molecular formula is C67H119N7O26. The second-order valence-electron chi connectivity index (χ2n) is 25.2. The van der Waals surface area contributed by atoms with Crippen molar-refractivity contribution in [1.82, 2.24) is 31.9 Å². The summed E-state index contributed by atoms with van der Waals surface area (Å²) in [6, 6.07) is -2.20. The molecule has 0 aromatic carbocycles. The van der Waals surface area contributed by atoms with Crippen molar-refractivity contribution in [2.24, 2.45) is 29.4 Å². The highest BCUT2D eigenvalue weighted by Crippen LogP contribution is 2.36. The molecule has 4 fully saturated rings. The van der Waals surface area contributed by atoms with Gasteiger partial charge in [-0.2, -0.15) is 0 Å². The van der Waals surface area contributed by atoms with Gasteiger partial charge in [-0.1, -0.05) is 41.0 Å². The predicted octanol–water partition coefficient (Wildman–Crippen LogP) is 0.109. The summed E-state index contributed by atoms with van der Waals surface area (Å²) in [5, 5.41) is 17.7. The Balaban J connectivity index is 1.27. The molecule has 8 N–H and O–H groups in total. The van der Waals surface area contributed by atoms with Crippen molar-refractivity contribution in [3.05, 3.63) is 0 Å². The largest absolute Gasteiger partial charge is 0.460 e. The van der Waals surface area contributed by atoms with Crippen LogP contribution in [0.25, 0.3) is 0 Å². The van der Waals surface area contributed by atoms with Gasteiger partial charge in [0.25, 0.3) is 0 Å². The molecule has 578 valence electrons. The maximum absolute atomic E-state index is 12.8. The van der Waals surface area contributed by atoms with Gasteiger partial charge in [0.05, 0.1) is 169 Å². The van der Waals surface area contributed by atoms with E-state index in [1.807, 2.05) is 34.6 Å². The molecule has 4 aliphatic heterocycles. The fraction of sp³-hybridized carbons (Fsp3) is 0.881. The van der Waals surface area contributed by atoms with E-state index in [0.717, 1.165) is 0 Å². The number of rotatable bonds is 23. The summed E-state index contributed by atoms with van der Waals surface area (Å²) in [7, 11) is 0. The van der Waals surface area contributed by atoms with Crippen LogP contribution in [0.1, 0.15) is 114 Å². The number of nitrogens with one attached hydrogen (secondary N) is 6. The van der Waals surface area contributed by atoms with E-state index in [-0.39, 0.29) is 250 Å². The third kappa shape index (κ3) is 34.6. The Morgan fingerprint density at radius 1 is 0.540 bits per heavy atom. The van der Waals surface area contributed by atoms with Gasteiger partial charge in [-0.05, 0) is 31.7 Å². The first-order valence-corrected chi connectivity index (χ1v) is 35.4. The first kappa shape index (κ1) is 87.5. The van der Waals surface area contributed by atoms with E-state index in [9.17, 15) is 38.4 Å². The van der Waals surface area contributed by atoms with Gasteiger partial charge in [-0.15, -0.1) is 0 Å². The summed E-state index contributed by atoms with van der Waals surface area (Å²) < 4.78 is 107. The van der Waals surface area contributed by atoms with Gasteiger partial charge in [0.15, 0.2) is 18.9 Å². The topological polar surface area (TPSA) is 401 Å². The van der Waals surface area contributed by atoms with Crippen molar-refractivity contribution in [3.8, 4) is 0 Å². The second kappa shape index (κ2) is 50.5. The molecule has 0 spiro atoms. The first-order chi connectivity index (χ1) is 48.1. The lowest BCUT2D eigenvalue weighted by Crippen LogP contribution is -2.62. The standard InChI is InChI=1S/C67H119N7O26/c1-11-51-40-95-64-60(74-47(7)76)63(98-50(10)79)52(51)14-18-72-58-61(96-48(8)77)44(4)53(12-2)99-65(58)93-38-35-87-32-29-84-26-20-70-56(81)16-23-90-42-67(68,41-89-22-15-55(80)69-19-25-83-28-31-86-34-37-92-64)43-91-24-17-57(82)71-21-27-85-30-33-88-36-39-94-66-59(73-46(6)75)62(97-49(9)78)45(5)54(13-3)100-66/h44-45,51-54,58-66,72H,11-43,68H2,1-10H3,(H,69,80)(H,70,81)(H,71,82)(H,73,75)(H,74,76). The molecule has 100 heavy (non-hydrogen) atoms. The Labute approximate surface area is 589 Å². The van der Waals surface area contributed by atoms with Crippen LogP contribution in [0.2, 0.25) is 0 Å². The molecule has 33 heteroatoms. The lowest BCUT2D eigenvalue weighted by atomic mass is 9.81. The molecule has 33 nitrogen and oxygen atoms in total. The van der Waals surface area contributed by atoms with Gasteiger partial charge in [0, 0.05) is 91.3 Å². The third-order valence-electron chi connectivity index (χ3n) is 17.0.